The molecular weight excluding hydrogens is 512 g/mol. The highest BCUT2D eigenvalue weighted by Gasteiger charge is 2.15. The molecule has 0 radical (unpaired) electrons. The summed E-state index contributed by atoms with van der Waals surface area (Å²) in [6, 6.07) is 12.5. The Labute approximate surface area is 173 Å². The van der Waals surface area contributed by atoms with Crippen molar-refractivity contribution in [2.75, 3.05) is 27.2 Å². The molecule has 1 aromatic heterocycles. The molecular formula is C19H19Br3N2O. The number of nitrogens with zero attached hydrogens (tertiary/aromatic N) is 2. The average Bonchev–Trinajstić information content (AvgIpc) is 2.87. The first-order valence-corrected chi connectivity index (χ1v) is 10.3. The molecule has 3 aromatic rings. The number of ether oxygens (including phenoxy) is 1. The van der Waals surface area contributed by atoms with Crippen molar-refractivity contribution in [3.63, 3.8) is 0 Å². The lowest BCUT2D eigenvalue weighted by molar-refractivity contribution is 0.263. The van der Waals surface area contributed by atoms with Crippen LogP contribution >= 0.6 is 47.8 Å². The monoisotopic (exact) mass is 528 g/mol. The van der Waals surface area contributed by atoms with Gasteiger partial charge in [-0.2, -0.15) is 0 Å². The highest BCUT2D eigenvalue weighted by atomic mass is 79.9. The maximum absolute atomic E-state index is 6.07. The van der Waals surface area contributed by atoms with Crippen LogP contribution in [0.1, 0.15) is 5.56 Å². The van der Waals surface area contributed by atoms with Crippen molar-refractivity contribution in [2.24, 2.45) is 0 Å². The van der Waals surface area contributed by atoms with E-state index in [9.17, 15) is 0 Å². The molecule has 3 rings (SSSR count). The Morgan fingerprint density at radius 2 is 1.80 bits per heavy atom. The van der Waals surface area contributed by atoms with E-state index in [4.69, 9.17) is 4.74 Å². The van der Waals surface area contributed by atoms with Gasteiger partial charge in [-0.05, 0) is 53.8 Å². The summed E-state index contributed by atoms with van der Waals surface area (Å²) in [6.07, 6.45) is 2.09. The molecule has 0 N–H and O–H groups in total. The quantitative estimate of drug-likeness (QED) is 0.394. The molecule has 0 aliphatic heterocycles. The molecule has 0 bridgehead atoms. The van der Waals surface area contributed by atoms with E-state index in [2.05, 4.69) is 93.8 Å². The minimum Gasteiger partial charge on any atom is -0.490 e. The number of aromatic nitrogens is 1. The summed E-state index contributed by atoms with van der Waals surface area (Å²) in [6.45, 7) is 2.31. The maximum atomic E-state index is 6.07. The molecule has 0 fully saturated rings. The first-order chi connectivity index (χ1) is 12.0. The summed E-state index contributed by atoms with van der Waals surface area (Å²) in [5.74, 6) is 0.908. The first-order valence-electron chi connectivity index (χ1n) is 7.94. The summed E-state index contributed by atoms with van der Waals surface area (Å²) in [5.41, 5.74) is 2.37. The molecule has 3 nitrogen and oxygen atoms in total. The van der Waals surface area contributed by atoms with Gasteiger partial charge in [0.15, 0.2) is 0 Å². The van der Waals surface area contributed by atoms with Crippen molar-refractivity contribution in [2.45, 2.75) is 6.54 Å². The van der Waals surface area contributed by atoms with Crippen LogP contribution in [0.2, 0.25) is 0 Å². The van der Waals surface area contributed by atoms with Gasteiger partial charge in [-0.3, -0.25) is 0 Å². The van der Waals surface area contributed by atoms with Crippen molar-refractivity contribution in [1.82, 2.24) is 9.47 Å². The molecule has 0 aliphatic carbocycles. The molecule has 0 aliphatic rings. The second-order valence-electron chi connectivity index (χ2n) is 6.15. The van der Waals surface area contributed by atoms with E-state index in [-0.39, 0.29) is 0 Å². The van der Waals surface area contributed by atoms with Crippen LogP contribution in [0, 0.1) is 0 Å². The lowest BCUT2D eigenvalue weighted by Crippen LogP contribution is -2.19. The van der Waals surface area contributed by atoms with E-state index in [0.717, 1.165) is 43.2 Å². The number of hydrogen-bond donors (Lipinski definition) is 0. The third-order valence-corrected chi connectivity index (χ3v) is 5.78. The molecule has 0 spiro atoms. The first kappa shape index (κ1) is 19.0. The summed E-state index contributed by atoms with van der Waals surface area (Å²) in [5, 5.41) is 1.10. The molecule has 132 valence electrons. The Balaban J connectivity index is 2.01. The number of halogens is 3. The van der Waals surface area contributed by atoms with Gasteiger partial charge >= 0.3 is 0 Å². The van der Waals surface area contributed by atoms with Gasteiger partial charge in [-0.1, -0.05) is 50.1 Å². The van der Waals surface area contributed by atoms with Crippen molar-refractivity contribution < 1.29 is 4.74 Å². The van der Waals surface area contributed by atoms with Crippen LogP contribution in [0.15, 0.2) is 56.0 Å². The van der Waals surface area contributed by atoms with Gasteiger partial charge in [0.25, 0.3) is 0 Å². The van der Waals surface area contributed by atoms with Gasteiger partial charge in [-0.15, -0.1) is 0 Å². The van der Waals surface area contributed by atoms with Crippen LogP contribution in [-0.4, -0.2) is 36.7 Å². The van der Waals surface area contributed by atoms with Gasteiger partial charge in [0, 0.05) is 38.1 Å². The number of likely N-dealkylation sites (N-methyl/N-ethyl adjacent to an activating group) is 1. The summed E-state index contributed by atoms with van der Waals surface area (Å²) >= 11 is 10.9. The lowest BCUT2D eigenvalue weighted by atomic mass is 10.2. The normalized spacial score (nSPS) is 11.4. The predicted molar refractivity (Wildman–Crippen MR) is 115 cm³/mol. The molecule has 2 aromatic carbocycles. The fourth-order valence-electron chi connectivity index (χ4n) is 2.71. The SMILES string of the molecule is CN(C)CCOc1cn(Cc2ccccc2Br)c2c(Br)cc(Br)cc12. The van der Waals surface area contributed by atoms with Crippen LogP contribution in [0.25, 0.3) is 10.9 Å². The smallest absolute Gasteiger partial charge is 0.144 e. The van der Waals surface area contributed by atoms with Crippen molar-refractivity contribution in [3.05, 3.63) is 61.6 Å². The van der Waals surface area contributed by atoms with Crippen molar-refractivity contribution in [3.8, 4) is 5.75 Å². The Morgan fingerprint density at radius 3 is 2.52 bits per heavy atom. The van der Waals surface area contributed by atoms with E-state index >= 15 is 0 Å². The number of benzene rings is 2. The zero-order chi connectivity index (χ0) is 18.0. The lowest BCUT2D eigenvalue weighted by Gasteiger charge is -2.10. The standard InChI is InChI=1S/C19H19Br3N2O/c1-23(2)7-8-25-18-12-24(11-13-5-3-4-6-16(13)21)19-15(18)9-14(20)10-17(19)22/h3-6,9-10,12H,7-8,11H2,1-2H3. The molecule has 0 saturated carbocycles. The number of fused-ring (bicyclic) bond motifs is 1. The molecule has 0 amide bonds. The Bertz CT molecular complexity index is 890. The highest BCUT2D eigenvalue weighted by molar-refractivity contribution is 9.11. The van der Waals surface area contributed by atoms with E-state index < -0.39 is 0 Å². The molecule has 1 heterocycles. The van der Waals surface area contributed by atoms with Gasteiger partial charge < -0.3 is 14.2 Å². The molecule has 0 saturated heterocycles. The Kier molecular flexibility index (Phi) is 6.25. The Hall–Kier alpha value is -0.820. The topological polar surface area (TPSA) is 17.4 Å². The van der Waals surface area contributed by atoms with Gasteiger partial charge in [0.1, 0.15) is 12.4 Å². The molecule has 25 heavy (non-hydrogen) atoms. The Morgan fingerprint density at radius 1 is 1.04 bits per heavy atom. The van der Waals surface area contributed by atoms with Gasteiger partial charge in [0.05, 0.1) is 5.52 Å². The van der Waals surface area contributed by atoms with Crippen LogP contribution in [0.4, 0.5) is 0 Å². The van der Waals surface area contributed by atoms with Crippen molar-refractivity contribution in [1.29, 1.82) is 0 Å². The van der Waals surface area contributed by atoms with E-state index in [1.807, 2.05) is 20.2 Å². The minimum absolute atomic E-state index is 0.658. The minimum atomic E-state index is 0.658. The third kappa shape index (κ3) is 4.48. The number of rotatable bonds is 6. The van der Waals surface area contributed by atoms with E-state index in [1.54, 1.807) is 0 Å². The maximum Gasteiger partial charge on any atom is 0.144 e. The van der Waals surface area contributed by atoms with E-state index in [0.29, 0.717) is 6.61 Å². The highest BCUT2D eigenvalue weighted by Crippen LogP contribution is 2.37. The van der Waals surface area contributed by atoms with E-state index in [1.165, 1.54) is 5.56 Å². The second kappa shape index (κ2) is 8.25. The van der Waals surface area contributed by atoms with Crippen LogP contribution in [-0.2, 0) is 6.54 Å². The van der Waals surface area contributed by atoms with Gasteiger partial charge in [0.2, 0.25) is 0 Å². The third-order valence-electron chi connectivity index (χ3n) is 3.95. The zero-order valence-electron chi connectivity index (χ0n) is 14.1. The zero-order valence-corrected chi connectivity index (χ0v) is 18.9. The second-order valence-corrected chi connectivity index (χ2v) is 8.77. The summed E-state index contributed by atoms with van der Waals surface area (Å²) < 4.78 is 11.5. The molecule has 0 atom stereocenters. The number of hydrogen-bond acceptors (Lipinski definition) is 2. The fraction of sp³-hybridized carbons (Fsp3) is 0.263. The van der Waals surface area contributed by atoms with Crippen LogP contribution < -0.4 is 4.74 Å². The molecule has 6 heteroatoms. The fourth-order valence-corrected chi connectivity index (χ4v) is 4.57. The predicted octanol–water partition coefficient (Wildman–Crippen LogP) is 5.92. The van der Waals surface area contributed by atoms with Gasteiger partial charge in [-0.25, -0.2) is 0 Å². The largest absolute Gasteiger partial charge is 0.490 e. The molecule has 0 unspecified atom stereocenters. The van der Waals surface area contributed by atoms with Crippen LogP contribution in [0.3, 0.4) is 0 Å². The van der Waals surface area contributed by atoms with Crippen molar-refractivity contribution >= 4 is 58.7 Å². The average molecular weight is 531 g/mol. The summed E-state index contributed by atoms with van der Waals surface area (Å²) in [7, 11) is 4.10. The summed E-state index contributed by atoms with van der Waals surface area (Å²) in [4.78, 5) is 2.12. The van der Waals surface area contributed by atoms with Crippen LogP contribution in [0.5, 0.6) is 5.75 Å².